The predicted molar refractivity (Wildman–Crippen MR) is 97.0 cm³/mol. The van der Waals surface area contributed by atoms with E-state index in [1.54, 1.807) is 35.6 Å². The lowest BCUT2D eigenvalue weighted by Gasteiger charge is -2.25. The van der Waals surface area contributed by atoms with Gasteiger partial charge < -0.3 is 10.1 Å². The lowest BCUT2D eigenvalue weighted by Crippen LogP contribution is -2.35. The van der Waals surface area contributed by atoms with Gasteiger partial charge in [0.15, 0.2) is 5.78 Å². The van der Waals surface area contributed by atoms with Crippen LogP contribution in [-0.2, 0) is 22.5 Å². The Morgan fingerprint density at radius 2 is 2.12 bits per heavy atom. The predicted octanol–water partition coefficient (Wildman–Crippen LogP) is 2.36. The number of ketones is 1. The highest BCUT2D eigenvalue weighted by Gasteiger charge is 2.14. The molecular weight excluding hydrogens is 338 g/mol. The summed E-state index contributed by atoms with van der Waals surface area (Å²) in [5.41, 5.74) is 1.98. The molecule has 0 radical (unpaired) electrons. The monoisotopic (exact) mass is 359 g/mol. The van der Waals surface area contributed by atoms with Gasteiger partial charge in [0, 0.05) is 29.7 Å². The van der Waals surface area contributed by atoms with Crippen LogP contribution in [0, 0.1) is 0 Å². The molecule has 2 aromatic rings. The zero-order chi connectivity index (χ0) is 17.6. The first kappa shape index (κ1) is 17.7. The zero-order valence-electron chi connectivity index (χ0n) is 14.2. The first-order chi connectivity index (χ1) is 12.1. The summed E-state index contributed by atoms with van der Waals surface area (Å²) in [6, 6.07) is 6.95. The van der Waals surface area contributed by atoms with Gasteiger partial charge in [-0.05, 0) is 19.1 Å². The Kier molecular flexibility index (Phi) is 5.91. The molecule has 132 valence electrons. The molecule has 3 rings (SSSR count). The molecule has 0 spiro atoms. The van der Waals surface area contributed by atoms with E-state index in [2.05, 4.69) is 15.2 Å². The molecule has 1 aromatic carbocycles. The number of hydrogen-bond donors (Lipinski definition) is 1. The maximum absolute atomic E-state index is 12.2. The number of morpholine rings is 1. The SMILES string of the molecule is CC(=O)c1cccc(NC(=O)Cc2csc(CN3CCOCC3)n2)c1. The highest BCUT2D eigenvalue weighted by Crippen LogP contribution is 2.15. The molecule has 0 bridgehead atoms. The number of benzene rings is 1. The second-order valence-corrected chi connectivity index (χ2v) is 6.93. The van der Waals surface area contributed by atoms with Crippen LogP contribution in [0.3, 0.4) is 0 Å². The summed E-state index contributed by atoms with van der Waals surface area (Å²) in [5.74, 6) is -0.160. The van der Waals surface area contributed by atoms with Gasteiger partial charge in [-0.25, -0.2) is 4.98 Å². The van der Waals surface area contributed by atoms with Crippen molar-refractivity contribution >= 4 is 28.7 Å². The second kappa shape index (κ2) is 8.33. The lowest BCUT2D eigenvalue weighted by atomic mass is 10.1. The van der Waals surface area contributed by atoms with E-state index in [0.29, 0.717) is 11.3 Å². The third-order valence-electron chi connectivity index (χ3n) is 3.96. The van der Waals surface area contributed by atoms with Crippen LogP contribution in [0.1, 0.15) is 28.0 Å². The minimum absolute atomic E-state index is 0.0247. The second-order valence-electron chi connectivity index (χ2n) is 5.98. The number of carbonyl (C=O) groups is 2. The Morgan fingerprint density at radius 1 is 1.32 bits per heavy atom. The van der Waals surface area contributed by atoms with Crippen molar-refractivity contribution < 1.29 is 14.3 Å². The molecule has 7 heteroatoms. The molecule has 0 saturated carbocycles. The molecule has 0 unspecified atom stereocenters. The number of amides is 1. The summed E-state index contributed by atoms with van der Waals surface area (Å²) in [7, 11) is 0. The van der Waals surface area contributed by atoms with Gasteiger partial charge in [-0.15, -0.1) is 11.3 Å². The minimum atomic E-state index is -0.135. The summed E-state index contributed by atoms with van der Waals surface area (Å²) in [5, 5.41) is 5.77. The number of aromatic nitrogens is 1. The minimum Gasteiger partial charge on any atom is -0.379 e. The van der Waals surface area contributed by atoms with E-state index < -0.39 is 0 Å². The maximum atomic E-state index is 12.2. The van der Waals surface area contributed by atoms with Gasteiger partial charge in [0.25, 0.3) is 0 Å². The molecule has 1 fully saturated rings. The van der Waals surface area contributed by atoms with E-state index in [1.165, 1.54) is 6.92 Å². The summed E-state index contributed by atoms with van der Waals surface area (Å²) in [6.07, 6.45) is 0.226. The smallest absolute Gasteiger partial charge is 0.230 e. The van der Waals surface area contributed by atoms with Crippen LogP contribution in [0.5, 0.6) is 0 Å². The summed E-state index contributed by atoms with van der Waals surface area (Å²) in [6.45, 7) is 5.67. The van der Waals surface area contributed by atoms with Crippen molar-refractivity contribution in [3.63, 3.8) is 0 Å². The molecule has 2 heterocycles. The van der Waals surface area contributed by atoms with Crippen LogP contribution in [0.25, 0.3) is 0 Å². The van der Waals surface area contributed by atoms with Gasteiger partial charge in [-0.2, -0.15) is 0 Å². The number of carbonyl (C=O) groups excluding carboxylic acids is 2. The Hall–Kier alpha value is -2.09. The topological polar surface area (TPSA) is 71.5 Å². The van der Waals surface area contributed by atoms with Crippen molar-refractivity contribution in [1.82, 2.24) is 9.88 Å². The fourth-order valence-electron chi connectivity index (χ4n) is 2.64. The molecule has 25 heavy (non-hydrogen) atoms. The summed E-state index contributed by atoms with van der Waals surface area (Å²) in [4.78, 5) is 30.5. The van der Waals surface area contributed by atoms with Gasteiger partial charge in [0.05, 0.1) is 31.9 Å². The summed E-state index contributed by atoms with van der Waals surface area (Å²) >= 11 is 1.58. The third kappa shape index (κ3) is 5.19. The molecule has 1 saturated heterocycles. The molecule has 6 nitrogen and oxygen atoms in total. The molecule has 1 aromatic heterocycles. The van der Waals surface area contributed by atoms with Crippen LogP contribution in [0.4, 0.5) is 5.69 Å². The summed E-state index contributed by atoms with van der Waals surface area (Å²) < 4.78 is 5.34. The number of rotatable bonds is 6. The van der Waals surface area contributed by atoms with Crippen molar-refractivity contribution in [3.8, 4) is 0 Å². The van der Waals surface area contributed by atoms with Crippen LogP contribution in [0.15, 0.2) is 29.6 Å². The van der Waals surface area contributed by atoms with Crippen LogP contribution < -0.4 is 5.32 Å². The van der Waals surface area contributed by atoms with Gasteiger partial charge in [-0.3, -0.25) is 14.5 Å². The van der Waals surface area contributed by atoms with E-state index in [4.69, 9.17) is 4.74 Å². The number of nitrogens with one attached hydrogen (secondary N) is 1. The van der Waals surface area contributed by atoms with Crippen molar-refractivity contribution in [2.24, 2.45) is 0 Å². The average Bonchev–Trinajstić information content (AvgIpc) is 3.02. The normalized spacial score (nSPS) is 15.1. The first-order valence-corrected chi connectivity index (χ1v) is 9.12. The highest BCUT2D eigenvalue weighted by atomic mass is 32.1. The quantitative estimate of drug-likeness (QED) is 0.802. The van der Waals surface area contributed by atoms with Gasteiger partial charge >= 0.3 is 0 Å². The standard InChI is InChI=1S/C18H21N3O3S/c1-13(22)14-3-2-4-15(9-14)19-17(23)10-16-12-25-18(20-16)11-21-5-7-24-8-6-21/h2-4,9,12H,5-8,10-11H2,1H3,(H,19,23). The molecule has 1 aliphatic rings. The molecule has 1 amide bonds. The number of thiazole rings is 1. The van der Waals surface area contributed by atoms with Gasteiger partial charge in [-0.1, -0.05) is 12.1 Å². The molecule has 0 atom stereocenters. The number of ether oxygens (including phenoxy) is 1. The van der Waals surface area contributed by atoms with Crippen LogP contribution in [-0.4, -0.2) is 47.9 Å². The molecule has 1 N–H and O–H groups in total. The van der Waals surface area contributed by atoms with E-state index in [-0.39, 0.29) is 18.1 Å². The van der Waals surface area contributed by atoms with Gasteiger partial charge in [0.2, 0.25) is 5.91 Å². The Balaban J connectivity index is 1.54. The largest absolute Gasteiger partial charge is 0.379 e. The average molecular weight is 359 g/mol. The Labute approximate surface area is 150 Å². The Bertz CT molecular complexity index is 754. The fraction of sp³-hybridized carbons (Fsp3) is 0.389. The fourth-order valence-corrected chi connectivity index (χ4v) is 3.47. The first-order valence-electron chi connectivity index (χ1n) is 8.24. The zero-order valence-corrected chi connectivity index (χ0v) is 15.0. The van der Waals surface area contributed by atoms with E-state index in [9.17, 15) is 9.59 Å². The van der Waals surface area contributed by atoms with Crippen molar-refractivity contribution in [2.75, 3.05) is 31.6 Å². The van der Waals surface area contributed by atoms with E-state index in [0.717, 1.165) is 43.5 Å². The molecule has 0 aliphatic carbocycles. The number of nitrogens with zero attached hydrogens (tertiary/aromatic N) is 2. The van der Waals surface area contributed by atoms with Crippen molar-refractivity contribution in [3.05, 3.63) is 45.9 Å². The molecule has 1 aliphatic heterocycles. The highest BCUT2D eigenvalue weighted by molar-refractivity contribution is 7.09. The van der Waals surface area contributed by atoms with E-state index >= 15 is 0 Å². The van der Waals surface area contributed by atoms with Crippen molar-refractivity contribution in [1.29, 1.82) is 0 Å². The van der Waals surface area contributed by atoms with Gasteiger partial charge in [0.1, 0.15) is 5.01 Å². The third-order valence-corrected chi connectivity index (χ3v) is 4.84. The van der Waals surface area contributed by atoms with Crippen LogP contribution in [0.2, 0.25) is 0 Å². The van der Waals surface area contributed by atoms with Crippen LogP contribution >= 0.6 is 11.3 Å². The Morgan fingerprint density at radius 3 is 2.88 bits per heavy atom. The lowest BCUT2D eigenvalue weighted by molar-refractivity contribution is -0.115. The van der Waals surface area contributed by atoms with E-state index in [1.807, 2.05) is 5.38 Å². The molecular formula is C18H21N3O3S. The number of Topliss-reactive ketones (excluding diaryl/α,β-unsaturated/α-hetero) is 1. The van der Waals surface area contributed by atoms with Crippen molar-refractivity contribution in [2.45, 2.75) is 19.9 Å². The maximum Gasteiger partial charge on any atom is 0.230 e. The number of hydrogen-bond acceptors (Lipinski definition) is 6. The number of anilines is 1.